The maximum Gasteiger partial charge on any atom is 0.338 e. The van der Waals surface area contributed by atoms with Gasteiger partial charge in [0, 0.05) is 7.11 Å². The molecule has 0 N–H and O–H groups in total. The number of rotatable bonds is 8. The molecule has 1 fully saturated rings. The fourth-order valence-electron chi connectivity index (χ4n) is 2.99. The molecule has 0 radical (unpaired) electrons. The van der Waals surface area contributed by atoms with E-state index >= 15 is 0 Å². The first-order valence-electron chi connectivity index (χ1n) is 8.77. The van der Waals surface area contributed by atoms with Crippen LogP contribution < -0.4 is 0 Å². The Labute approximate surface area is 158 Å². The normalized spacial score (nSPS) is 23.4. The summed E-state index contributed by atoms with van der Waals surface area (Å²) < 4.78 is 61.1. The van der Waals surface area contributed by atoms with Crippen LogP contribution in [0.15, 0.2) is 35.2 Å². The Morgan fingerprint density at radius 1 is 1.19 bits per heavy atom. The largest absolute Gasteiger partial charge is 0.462 e. The second-order valence-electron chi connectivity index (χ2n) is 6.40. The maximum atomic E-state index is 13.5. The summed E-state index contributed by atoms with van der Waals surface area (Å²) in [6.07, 6.45) is -1.54. The van der Waals surface area contributed by atoms with Crippen LogP contribution in [-0.2, 0) is 24.1 Å². The zero-order valence-electron chi connectivity index (χ0n) is 15.4. The van der Waals surface area contributed by atoms with E-state index in [0.29, 0.717) is 5.56 Å². The Bertz CT molecular complexity index is 764. The third-order valence-corrected chi connectivity index (χ3v) is 6.12. The van der Waals surface area contributed by atoms with E-state index in [1.54, 1.807) is 6.92 Å². The van der Waals surface area contributed by atoms with Gasteiger partial charge in [-0.1, -0.05) is 18.2 Å². The van der Waals surface area contributed by atoms with Crippen LogP contribution in [0.25, 0.3) is 5.57 Å². The molecule has 150 valence electrons. The number of allylic oxidation sites excluding steroid dienone is 1. The maximum absolute atomic E-state index is 13.5. The molecule has 0 spiro atoms. The Hall–Kier alpha value is -1.80. The molecule has 1 aromatic rings. The van der Waals surface area contributed by atoms with Gasteiger partial charge >= 0.3 is 5.97 Å². The second-order valence-corrected chi connectivity index (χ2v) is 8.51. The van der Waals surface area contributed by atoms with Gasteiger partial charge in [-0.2, -0.15) is 0 Å². The first kappa shape index (κ1) is 21.5. The van der Waals surface area contributed by atoms with Gasteiger partial charge in [0.2, 0.25) is 0 Å². The lowest BCUT2D eigenvalue weighted by atomic mass is 9.98. The first-order valence-corrected chi connectivity index (χ1v) is 10.4. The zero-order valence-corrected chi connectivity index (χ0v) is 16.2. The van der Waals surface area contributed by atoms with Crippen LogP contribution in [0.5, 0.6) is 0 Å². The van der Waals surface area contributed by atoms with Crippen molar-refractivity contribution in [2.75, 3.05) is 26.1 Å². The summed E-state index contributed by atoms with van der Waals surface area (Å²) >= 11 is 0. The number of methoxy groups -OCH3 is 1. The van der Waals surface area contributed by atoms with Gasteiger partial charge in [-0.25, -0.2) is 22.0 Å². The molecule has 0 aliphatic heterocycles. The van der Waals surface area contributed by atoms with Crippen molar-refractivity contribution in [3.63, 3.8) is 0 Å². The average Bonchev–Trinajstić information content (AvgIpc) is 2.96. The van der Waals surface area contributed by atoms with Gasteiger partial charge in [-0.3, -0.25) is 0 Å². The number of ether oxygens (including phenoxy) is 2. The standard InChI is InChI=1S/C19H24F2O5S/c1-3-26-19(22)16(10-13-11-17(20)18(21)12-13)14-4-6-15(7-5-14)27(23,24)9-8-25-2/h4-7,10,13,17-18H,3,8-9,11-12H2,1-2H3/t13?,17-,18+. The number of benzene rings is 1. The molecule has 27 heavy (non-hydrogen) atoms. The van der Waals surface area contributed by atoms with Crippen LogP contribution in [-0.4, -0.2) is 52.8 Å². The molecule has 0 heterocycles. The van der Waals surface area contributed by atoms with Crippen molar-refractivity contribution in [3.8, 4) is 0 Å². The van der Waals surface area contributed by atoms with E-state index in [1.165, 1.54) is 37.5 Å². The number of hydrogen-bond acceptors (Lipinski definition) is 5. The zero-order chi connectivity index (χ0) is 20.0. The van der Waals surface area contributed by atoms with E-state index in [-0.39, 0.29) is 42.3 Å². The van der Waals surface area contributed by atoms with Gasteiger partial charge in [0.05, 0.1) is 29.4 Å². The SMILES string of the molecule is CCOC(=O)C(=CC1C[C@@H](F)[C@@H](F)C1)c1ccc(S(=O)(=O)CCOC)cc1. The number of sulfone groups is 1. The monoisotopic (exact) mass is 402 g/mol. The summed E-state index contributed by atoms with van der Waals surface area (Å²) in [4.78, 5) is 12.4. The van der Waals surface area contributed by atoms with E-state index in [1.807, 2.05) is 0 Å². The first-order chi connectivity index (χ1) is 12.8. The highest BCUT2D eigenvalue weighted by Gasteiger charge is 2.34. The van der Waals surface area contributed by atoms with Crippen molar-refractivity contribution in [3.05, 3.63) is 35.9 Å². The molecule has 0 saturated heterocycles. The fourth-order valence-corrected chi connectivity index (χ4v) is 4.16. The van der Waals surface area contributed by atoms with Crippen LogP contribution in [0.2, 0.25) is 0 Å². The molecular formula is C19H24F2O5S. The molecule has 1 aliphatic carbocycles. The summed E-state index contributed by atoms with van der Waals surface area (Å²) in [5, 5.41) is 0. The van der Waals surface area contributed by atoms with Crippen LogP contribution in [0, 0.1) is 5.92 Å². The van der Waals surface area contributed by atoms with E-state index in [4.69, 9.17) is 9.47 Å². The molecule has 3 atom stereocenters. The van der Waals surface area contributed by atoms with E-state index in [0.717, 1.165) is 0 Å². The number of alkyl halides is 2. The number of hydrogen-bond donors (Lipinski definition) is 0. The van der Waals surface area contributed by atoms with Gasteiger partial charge < -0.3 is 9.47 Å². The molecule has 1 aromatic carbocycles. The highest BCUT2D eigenvalue weighted by Crippen LogP contribution is 2.34. The highest BCUT2D eigenvalue weighted by molar-refractivity contribution is 7.91. The predicted octanol–water partition coefficient (Wildman–Crippen LogP) is 3.14. The summed E-state index contributed by atoms with van der Waals surface area (Å²) in [7, 11) is -2.07. The van der Waals surface area contributed by atoms with Crippen LogP contribution in [0.3, 0.4) is 0 Å². The van der Waals surface area contributed by atoms with Crippen LogP contribution in [0.4, 0.5) is 8.78 Å². The molecule has 1 saturated carbocycles. The van der Waals surface area contributed by atoms with Crippen molar-refractivity contribution < 1.29 is 31.5 Å². The van der Waals surface area contributed by atoms with Crippen LogP contribution in [0.1, 0.15) is 25.3 Å². The summed E-state index contributed by atoms with van der Waals surface area (Å²) in [6.45, 7) is 1.89. The van der Waals surface area contributed by atoms with Crippen molar-refractivity contribution in [1.29, 1.82) is 0 Å². The Kier molecular flexibility index (Phi) is 7.49. The summed E-state index contributed by atoms with van der Waals surface area (Å²) in [5.74, 6) is -1.17. The molecule has 1 unspecified atom stereocenters. The Morgan fingerprint density at radius 2 is 1.78 bits per heavy atom. The van der Waals surface area contributed by atoms with E-state index in [2.05, 4.69) is 0 Å². The van der Waals surface area contributed by atoms with Gasteiger partial charge in [-0.05, 0) is 43.4 Å². The van der Waals surface area contributed by atoms with Gasteiger partial charge in [0.1, 0.15) is 12.3 Å². The second kappa shape index (κ2) is 9.41. The highest BCUT2D eigenvalue weighted by atomic mass is 32.2. The van der Waals surface area contributed by atoms with Crippen molar-refractivity contribution in [2.24, 2.45) is 5.92 Å². The van der Waals surface area contributed by atoms with E-state index < -0.39 is 34.1 Å². The number of halogens is 2. The lowest BCUT2D eigenvalue weighted by Crippen LogP contribution is -2.12. The third kappa shape index (κ3) is 5.59. The lowest BCUT2D eigenvalue weighted by Gasteiger charge is -2.11. The summed E-state index contributed by atoms with van der Waals surface area (Å²) in [5.41, 5.74) is 0.626. The predicted molar refractivity (Wildman–Crippen MR) is 97.5 cm³/mol. The number of carbonyl (C=O) groups excluding carboxylic acids is 1. The molecule has 5 nitrogen and oxygen atoms in total. The van der Waals surface area contributed by atoms with Crippen LogP contribution >= 0.6 is 0 Å². The van der Waals surface area contributed by atoms with Crippen molar-refractivity contribution in [1.82, 2.24) is 0 Å². The average molecular weight is 402 g/mol. The molecule has 0 amide bonds. The van der Waals surface area contributed by atoms with Crippen molar-refractivity contribution >= 4 is 21.4 Å². The molecule has 1 aliphatic rings. The number of carbonyl (C=O) groups is 1. The number of esters is 1. The van der Waals surface area contributed by atoms with Gasteiger partial charge in [0.15, 0.2) is 9.84 Å². The minimum absolute atomic E-state index is 0.00749. The molecular weight excluding hydrogens is 378 g/mol. The lowest BCUT2D eigenvalue weighted by molar-refractivity contribution is -0.136. The van der Waals surface area contributed by atoms with Gasteiger partial charge in [-0.15, -0.1) is 0 Å². The topological polar surface area (TPSA) is 69.7 Å². The fraction of sp³-hybridized carbons (Fsp3) is 0.526. The quantitative estimate of drug-likeness (QED) is 0.494. The van der Waals surface area contributed by atoms with E-state index in [9.17, 15) is 22.0 Å². The minimum Gasteiger partial charge on any atom is -0.462 e. The summed E-state index contributed by atoms with van der Waals surface area (Å²) in [6, 6.07) is 5.80. The minimum atomic E-state index is -3.49. The Morgan fingerprint density at radius 3 is 2.30 bits per heavy atom. The smallest absolute Gasteiger partial charge is 0.338 e. The molecule has 0 aromatic heterocycles. The van der Waals surface area contributed by atoms with Gasteiger partial charge in [0.25, 0.3) is 0 Å². The molecule has 8 heteroatoms. The molecule has 0 bridgehead atoms. The Balaban J connectivity index is 2.29. The third-order valence-electron chi connectivity index (χ3n) is 4.43. The van der Waals surface area contributed by atoms with Crippen molar-refractivity contribution in [2.45, 2.75) is 37.0 Å². The molecule has 2 rings (SSSR count).